The molecule has 0 spiro atoms. The number of hydrogen-bond donors (Lipinski definition) is 2. The van der Waals surface area contributed by atoms with Crippen LogP contribution < -0.4 is 25.7 Å². The molecule has 2 aromatic heterocycles. The summed E-state index contributed by atoms with van der Waals surface area (Å²) in [7, 11) is 2.95. The molecule has 0 saturated carbocycles. The van der Waals surface area contributed by atoms with E-state index >= 15 is 0 Å². The smallest absolute Gasteiger partial charge is 0.261 e. The predicted octanol–water partition coefficient (Wildman–Crippen LogP) is 1.32. The second-order valence-electron chi connectivity index (χ2n) is 6.47. The molecular weight excluding hydrogens is 410 g/mol. The van der Waals surface area contributed by atoms with Crippen LogP contribution in [0.3, 0.4) is 0 Å². The first-order valence-electron chi connectivity index (χ1n) is 8.96. The SMILES string of the molecule is COc1cc2ncn(CC(=O)N[C@@H](C)C(=O)Nc3nc(C)cs3)c(=O)c2cc1OC. The maximum atomic E-state index is 12.8. The van der Waals surface area contributed by atoms with Gasteiger partial charge < -0.3 is 20.1 Å². The summed E-state index contributed by atoms with van der Waals surface area (Å²) in [5.74, 6) is -0.0771. The Morgan fingerprint density at radius 1 is 1.23 bits per heavy atom. The largest absolute Gasteiger partial charge is 0.493 e. The van der Waals surface area contributed by atoms with Crippen LogP contribution in [-0.4, -0.2) is 46.6 Å². The first-order chi connectivity index (χ1) is 14.3. The van der Waals surface area contributed by atoms with Crippen molar-refractivity contribution in [3.63, 3.8) is 0 Å². The molecule has 3 aromatic rings. The van der Waals surface area contributed by atoms with E-state index in [-0.39, 0.29) is 11.9 Å². The van der Waals surface area contributed by atoms with Gasteiger partial charge >= 0.3 is 0 Å². The zero-order valence-electron chi connectivity index (χ0n) is 16.9. The summed E-state index contributed by atoms with van der Waals surface area (Å²) in [6.45, 7) is 3.08. The Morgan fingerprint density at radius 2 is 1.93 bits per heavy atom. The zero-order valence-corrected chi connectivity index (χ0v) is 17.7. The molecule has 0 saturated heterocycles. The van der Waals surface area contributed by atoms with Gasteiger partial charge in [-0.05, 0) is 19.9 Å². The van der Waals surface area contributed by atoms with E-state index in [2.05, 4.69) is 20.6 Å². The summed E-state index contributed by atoms with van der Waals surface area (Å²) in [4.78, 5) is 45.7. The number of nitrogens with zero attached hydrogens (tertiary/aromatic N) is 3. The number of fused-ring (bicyclic) bond motifs is 1. The zero-order chi connectivity index (χ0) is 21.8. The normalized spacial score (nSPS) is 11.7. The number of aromatic nitrogens is 3. The highest BCUT2D eigenvalue weighted by atomic mass is 32.1. The van der Waals surface area contributed by atoms with Gasteiger partial charge in [0.15, 0.2) is 16.6 Å². The van der Waals surface area contributed by atoms with Crippen LogP contribution >= 0.6 is 11.3 Å². The standard InChI is InChI=1S/C19H21N5O5S/c1-10-8-30-19(21-10)23-17(26)11(2)22-16(25)7-24-9-20-13-6-15(29-4)14(28-3)5-12(13)18(24)27/h5-6,8-9,11H,7H2,1-4H3,(H,22,25)(H,21,23,26)/t11-/m0/s1. The number of carbonyl (C=O) groups excluding carboxylic acids is 2. The van der Waals surface area contributed by atoms with Crippen molar-refractivity contribution in [3.05, 3.63) is 39.9 Å². The second-order valence-corrected chi connectivity index (χ2v) is 7.33. The number of aryl methyl sites for hydroxylation is 1. The first-order valence-corrected chi connectivity index (χ1v) is 9.84. The van der Waals surface area contributed by atoms with Gasteiger partial charge in [-0.15, -0.1) is 11.3 Å². The van der Waals surface area contributed by atoms with Gasteiger partial charge in [0.1, 0.15) is 12.6 Å². The highest BCUT2D eigenvalue weighted by Gasteiger charge is 2.18. The first kappa shape index (κ1) is 21.2. The number of anilines is 1. The lowest BCUT2D eigenvalue weighted by Gasteiger charge is -2.14. The Labute approximate surface area is 175 Å². The summed E-state index contributed by atoms with van der Waals surface area (Å²) < 4.78 is 11.6. The van der Waals surface area contributed by atoms with Gasteiger partial charge in [0.2, 0.25) is 11.8 Å². The number of carbonyl (C=O) groups is 2. The van der Waals surface area contributed by atoms with Crippen LogP contribution in [0.15, 0.2) is 28.6 Å². The van der Waals surface area contributed by atoms with E-state index in [9.17, 15) is 14.4 Å². The molecule has 3 rings (SSSR count). The number of rotatable bonds is 7. The van der Waals surface area contributed by atoms with Gasteiger partial charge in [0, 0.05) is 11.4 Å². The monoisotopic (exact) mass is 431 g/mol. The van der Waals surface area contributed by atoms with Crippen LogP contribution in [0.2, 0.25) is 0 Å². The van der Waals surface area contributed by atoms with Crippen LogP contribution in [0, 0.1) is 6.92 Å². The van der Waals surface area contributed by atoms with Gasteiger partial charge in [0.05, 0.1) is 37.1 Å². The molecular formula is C19H21N5O5S. The summed E-state index contributed by atoms with van der Waals surface area (Å²) in [6, 6.07) is 2.30. The molecule has 0 aliphatic heterocycles. The topological polar surface area (TPSA) is 124 Å². The van der Waals surface area contributed by atoms with Crippen molar-refractivity contribution in [2.75, 3.05) is 19.5 Å². The minimum absolute atomic E-state index is 0.285. The molecule has 2 amide bonds. The van der Waals surface area contributed by atoms with Gasteiger partial charge in [-0.2, -0.15) is 0 Å². The van der Waals surface area contributed by atoms with Crippen LogP contribution in [0.5, 0.6) is 11.5 Å². The molecule has 0 aliphatic rings. The van der Waals surface area contributed by atoms with Crippen molar-refractivity contribution in [2.24, 2.45) is 0 Å². The lowest BCUT2D eigenvalue weighted by molar-refractivity contribution is -0.126. The molecule has 158 valence electrons. The Hall–Kier alpha value is -3.47. The van der Waals surface area contributed by atoms with Crippen molar-refractivity contribution in [3.8, 4) is 11.5 Å². The molecule has 11 heteroatoms. The molecule has 1 atom stereocenters. The third kappa shape index (κ3) is 4.57. The molecule has 0 fully saturated rings. The number of benzene rings is 1. The molecule has 10 nitrogen and oxygen atoms in total. The van der Waals surface area contributed by atoms with Crippen LogP contribution in [0.4, 0.5) is 5.13 Å². The fourth-order valence-corrected chi connectivity index (χ4v) is 3.42. The number of ether oxygens (including phenoxy) is 2. The Kier molecular flexibility index (Phi) is 6.31. The van der Waals surface area contributed by atoms with Crippen molar-refractivity contribution < 1.29 is 19.1 Å². The van der Waals surface area contributed by atoms with E-state index in [1.165, 1.54) is 42.5 Å². The molecule has 0 bridgehead atoms. The summed E-state index contributed by atoms with van der Waals surface area (Å²) in [6.07, 6.45) is 1.28. The third-order valence-corrected chi connectivity index (χ3v) is 5.14. The van der Waals surface area contributed by atoms with E-state index in [4.69, 9.17) is 9.47 Å². The molecule has 1 aromatic carbocycles. The van der Waals surface area contributed by atoms with Crippen LogP contribution in [0.25, 0.3) is 10.9 Å². The second kappa shape index (κ2) is 8.91. The van der Waals surface area contributed by atoms with Crippen LogP contribution in [-0.2, 0) is 16.1 Å². The van der Waals surface area contributed by atoms with Gasteiger partial charge in [-0.1, -0.05) is 0 Å². The average Bonchev–Trinajstić information content (AvgIpc) is 3.13. The number of thiazole rings is 1. The maximum Gasteiger partial charge on any atom is 0.261 e. The van der Waals surface area contributed by atoms with Crippen molar-refractivity contribution in [2.45, 2.75) is 26.4 Å². The summed E-state index contributed by atoms with van der Waals surface area (Å²) >= 11 is 1.30. The summed E-state index contributed by atoms with van der Waals surface area (Å²) in [5, 5.41) is 7.75. The third-order valence-electron chi connectivity index (χ3n) is 4.26. The minimum Gasteiger partial charge on any atom is -0.493 e. The van der Waals surface area contributed by atoms with E-state index < -0.39 is 23.4 Å². The predicted molar refractivity (Wildman–Crippen MR) is 112 cm³/mol. The fraction of sp³-hybridized carbons (Fsp3) is 0.316. The Balaban J connectivity index is 1.72. The van der Waals surface area contributed by atoms with E-state index in [0.29, 0.717) is 22.1 Å². The van der Waals surface area contributed by atoms with Crippen molar-refractivity contribution in [1.29, 1.82) is 0 Å². The molecule has 2 N–H and O–H groups in total. The number of nitrogens with one attached hydrogen (secondary N) is 2. The highest BCUT2D eigenvalue weighted by molar-refractivity contribution is 7.13. The highest BCUT2D eigenvalue weighted by Crippen LogP contribution is 2.29. The quantitative estimate of drug-likeness (QED) is 0.578. The van der Waals surface area contributed by atoms with Crippen molar-refractivity contribution in [1.82, 2.24) is 19.9 Å². The Morgan fingerprint density at radius 3 is 2.57 bits per heavy atom. The molecule has 0 unspecified atom stereocenters. The average molecular weight is 431 g/mol. The van der Waals surface area contributed by atoms with Gasteiger partial charge in [-0.25, -0.2) is 9.97 Å². The maximum absolute atomic E-state index is 12.8. The number of hydrogen-bond acceptors (Lipinski definition) is 8. The lowest BCUT2D eigenvalue weighted by atomic mass is 10.2. The van der Waals surface area contributed by atoms with Crippen molar-refractivity contribution >= 4 is 39.2 Å². The van der Waals surface area contributed by atoms with Gasteiger partial charge in [0.25, 0.3) is 5.56 Å². The minimum atomic E-state index is -0.810. The summed E-state index contributed by atoms with van der Waals surface area (Å²) in [5.41, 5.74) is 0.802. The van der Waals surface area contributed by atoms with E-state index in [1.807, 2.05) is 12.3 Å². The lowest BCUT2D eigenvalue weighted by Crippen LogP contribution is -2.43. The van der Waals surface area contributed by atoms with Gasteiger partial charge in [-0.3, -0.25) is 19.0 Å². The number of methoxy groups -OCH3 is 2. The fourth-order valence-electron chi connectivity index (χ4n) is 2.73. The molecule has 0 aliphatic carbocycles. The van der Waals surface area contributed by atoms with Crippen LogP contribution in [0.1, 0.15) is 12.6 Å². The van der Waals surface area contributed by atoms with E-state index in [1.54, 1.807) is 13.0 Å². The molecule has 2 heterocycles. The Bertz CT molecular complexity index is 1160. The number of amides is 2. The molecule has 30 heavy (non-hydrogen) atoms. The van der Waals surface area contributed by atoms with E-state index in [0.717, 1.165) is 5.69 Å². The molecule has 0 radical (unpaired) electrons.